The number of furan rings is 1. The summed E-state index contributed by atoms with van der Waals surface area (Å²) >= 11 is 0. The van der Waals surface area contributed by atoms with E-state index in [4.69, 9.17) is 4.42 Å². The van der Waals surface area contributed by atoms with Gasteiger partial charge in [0.05, 0.1) is 25.0 Å². The predicted molar refractivity (Wildman–Crippen MR) is 87.7 cm³/mol. The molecule has 1 saturated heterocycles. The molecule has 0 aliphatic carbocycles. The van der Waals surface area contributed by atoms with Gasteiger partial charge in [-0.1, -0.05) is 13.8 Å². The summed E-state index contributed by atoms with van der Waals surface area (Å²) in [6, 6.07) is 1.49. The number of carbonyl (C=O) groups excluding carboxylic acids is 2. The molecule has 2 rings (SSSR count). The third-order valence-electron chi connectivity index (χ3n) is 4.12. The van der Waals surface area contributed by atoms with Crippen LogP contribution in [0, 0.1) is 0 Å². The first kappa shape index (κ1) is 17.5. The van der Waals surface area contributed by atoms with Gasteiger partial charge in [-0.05, 0) is 18.9 Å². The second-order valence-electron chi connectivity index (χ2n) is 5.99. The van der Waals surface area contributed by atoms with Crippen LogP contribution < -0.4 is 5.32 Å². The fraction of sp³-hybridized carbons (Fsp3) is 0.647. The first-order valence-electron chi connectivity index (χ1n) is 8.46. The highest BCUT2D eigenvalue weighted by molar-refractivity contribution is 5.88. The molecule has 6 nitrogen and oxygen atoms in total. The van der Waals surface area contributed by atoms with Gasteiger partial charge in [0.25, 0.3) is 0 Å². The van der Waals surface area contributed by atoms with Gasteiger partial charge in [0.2, 0.25) is 11.8 Å². The number of amides is 2. The molecule has 1 aromatic heterocycles. The minimum absolute atomic E-state index is 0.0546. The van der Waals surface area contributed by atoms with Crippen LogP contribution in [0.25, 0.3) is 0 Å². The van der Waals surface area contributed by atoms with Crippen molar-refractivity contribution < 1.29 is 14.0 Å². The van der Waals surface area contributed by atoms with Crippen LogP contribution in [0.4, 0.5) is 0 Å². The van der Waals surface area contributed by atoms with Crippen LogP contribution in [0.1, 0.15) is 38.7 Å². The van der Waals surface area contributed by atoms with Gasteiger partial charge in [-0.3, -0.25) is 14.5 Å². The van der Waals surface area contributed by atoms with Gasteiger partial charge in [0, 0.05) is 38.3 Å². The lowest BCUT2D eigenvalue weighted by atomic mass is 10.1. The molecule has 0 radical (unpaired) electrons. The number of carbonyl (C=O) groups is 2. The van der Waals surface area contributed by atoms with Gasteiger partial charge in [-0.15, -0.1) is 0 Å². The van der Waals surface area contributed by atoms with E-state index in [0.29, 0.717) is 13.1 Å². The molecule has 1 aliphatic rings. The first-order valence-corrected chi connectivity index (χ1v) is 8.46. The third kappa shape index (κ3) is 4.82. The lowest BCUT2D eigenvalue weighted by Gasteiger charge is -2.35. The Kier molecular flexibility index (Phi) is 6.65. The van der Waals surface area contributed by atoms with E-state index in [1.165, 1.54) is 0 Å². The molecular formula is C17H27N3O3. The molecule has 0 aromatic carbocycles. The topological polar surface area (TPSA) is 65.8 Å². The van der Waals surface area contributed by atoms with E-state index in [9.17, 15) is 9.59 Å². The van der Waals surface area contributed by atoms with Crippen molar-refractivity contribution in [2.45, 2.75) is 45.7 Å². The molecular weight excluding hydrogens is 294 g/mol. The molecule has 2 heterocycles. The van der Waals surface area contributed by atoms with Crippen LogP contribution >= 0.6 is 0 Å². The SMILES string of the molecule is CCCN(CCC)C(=O)C[C@H]1C(=O)NCCN1Cc1ccoc1. The molecule has 2 amide bonds. The molecule has 1 N–H and O–H groups in total. The fourth-order valence-electron chi connectivity index (χ4n) is 2.99. The minimum atomic E-state index is -0.401. The lowest BCUT2D eigenvalue weighted by Crippen LogP contribution is -2.56. The molecule has 0 bridgehead atoms. The second-order valence-corrected chi connectivity index (χ2v) is 5.99. The Hall–Kier alpha value is -1.82. The van der Waals surface area contributed by atoms with Crippen molar-refractivity contribution in [2.75, 3.05) is 26.2 Å². The summed E-state index contributed by atoms with van der Waals surface area (Å²) in [4.78, 5) is 28.8. The van der Waals surface area contributed by atoms with Crippen LogP contribution in [-0.2, 0) is 16.1 Å². The zero-order chi connectivity index (χ0) is 16.7. The zero-order valence-electron chi connectivity index (χ0n) is 14.1. The van der Waals surface area contributed by atoms with Crippen LogP contribution in [0.2, 0.25) is 0 Å². The minimum Gasteiger partial charge on any atom is -0.472 e. The zero-order valence-corrected chi connectivity index (χ0v) is 14.1. The molecule has 1 aromatic rings. The third-order valence-corrected chi connectivity index (χ3v) is 4.12. The van der Waals surface area contributed by atoms with Gasteiger partial charge >= 0.3 is 0 Å². The van der Waals surface area contributed by atoms with E-state index in [1.54, 1.807) is 12.5 Å². The maximum absolute atomic E-state index is 12.6. The maximum atomic E-state index is 12.6. The Morgan fingerprint density at radius 1 is 1.39 bits per heavy atom. The van der Waals surface area contributed by atoms with E-state index in [-0.39, 0.29) is 18.2 Å². The van der Waals surface area contributed by atoms with E-state index in [2.05, 4.69) is 24.1 Å². The van der Waals surface area contributed by atoms with Gasteiger partial charge in [0.15, 0.2) is 0 Å². The average molecular weight is 321 g/mol. The number of nitrogens with one attached hydrogen (secondary N) is 1. The molecule has 128 valence electrons. The molecule has 6 heteroatoms. The van der Waals surface area contributed by atoms with E-state index >= 15 is 0 Å². The second kappa shape index (κ2) is 8.72. The molecule has 1 aliphatic heterocycles. The Labute approximate surface area is 137 Å². The molecule has 0 saturated carbocycles. The van der Waals surface area contributed by atoms with Crippen molar-refractivity contribution in [2.24, 2.45) is 0 Å². The summed E-state index contributed by atoms with van der Waals surface area (Å²) in [5.74, 6) is 0.00832. The van der Waals surface area contributed by atoms with Gasteiger partial charge in [-0.2, -0.15) is 0 Å². The van der Waals surface area contributed by atoms with Crippen LogP contribution in [-0.4, -0.2) is 53.8 Å². The van der Waals surface area contributed by atoms with Crippen molar-refractivity contribution in [1.29, 1.82) is 0 Å². The monoisotopic (exact) mass is 321 g/mol. The quantitative estimate of drug-likeness (QED) is 0.790. The molecule has 23 heavy (non-hydrogen) atoms. The average Bonchev–Trinajstić information content (AvgIpc) is 3.03. The summed E-state index contributed by atoms with van der Waals surface area (Å²) in [5.41, 5.74) is 1.02. The van der Waals surface area contributed by atoms with Crippen LogP contribution in [0.5, 0.6) is 0 Å². The summed E-state index contributed by atoms with van der Waals surface area (Å²) in [6.07, 6.45) is 5.42. The lowest BCUT2D eigenvalue weighted by molar-refractivity contribution is -0.139. The fourth-order valence-corrected chi connectivity index (χ4v) is 2.99. The van der Waals surface area contributed by atoms with E-state index in [1.807, 2.05) is 11.0 Å². The van der Waals surface area contributed by atoms with Crippen molar-refractivity contribution in [3.63, 3.8) is 0 Å². The van der Waals surface area contributed by atoms with Gasteiger partial charge in [0.1, 0.15) is 0 Å². The van der Waals surface area contributed by atoms with Crippen LogP contribution in [0.3, 0.4) is 0 Å². The van der Waals surface area contributed by atoms with Gasteiger partial charge < -0.3 is 14.6 Å². The van der Waals surface area contributed by atoms with Crippen molar-refractivity contribution in [3.8, 4) is 0 Å². The molecule has 1 atom stereocenters. The highest BCUT2D eigenvalue weighted by Crippen LogP contribution is 2.15. The smallest absolute Gasteiger partial charge is 0.237 e. The number of hydrogen-bond acceptors (Lipinski definition) is 4. The highest BCUT2D eigenvalue weighted by Gasteiger charge is 2.32. The largest absolute Gasteiger partial charge is 0.472 e. The summed E-state index contributed by atoms with van der Waals surface area (Å²) in [7, 11) is 0. The van der Waals surface area contributed by atoms with E-state index < -0.39 is 6.04 Å². The number of nitrogens with zero attached hydrogens (tertiary/aromatic N) is 2. The summed E-state index contributed by atoms with van der Waals surface area (Å²) in [6.45, 7) is 7.63. The Bertz CT molecular complexity index is 495. The number of piperazine rings is 1. The predicted octanol–water partition coefficient (Wildman–Crippen LogP) is 1.62. The van der Waals surface area contributed by atoms with Crippen molar-refractivity contribution in [1.82, 2.24) is 15.1 Å². The molecule has 0 spiro atoms. The Balaban J connectivity index is 2.02. The maximum Gasteiger partial charge on any atom is 0.237 e. The first-order chi connectivity index (χ1) is 11.2. The number of rotatable bonds is 8. The standard InChI is InChI=1S/C17H27N3O3/c1-3-7-19(8-4-2)16(21)11-15-17(22)18-6-9-20(15)12-14-5-10-23-13-14/h5,10,13,15H,3-4,6-9,11-12H2,1-2H3,(H,18,22)/t15-/m0/s1. The molecule has 0 unspecified atom stereocenters. The van der Waals surface area contributed by atoms with E-state index in [0.717, 1.165) is 38.0 Å². The van der Waals surface area contributed by atoms with Gasteiger partial charge in [-0.25, -0.2) is 0 Å². The molecule has 1 fully saturated rings. The number of hydrogen-bond donors (Lipinski definition) is 1. The Morgan fingerprint density at radius 2 is 2.13 bits per heavy atom. The highest BCUT2D eigenvalue weighted by atomic mass is 16.3. The Morgan fingerprint density at radius 3 is 2.74 bits per heavy atom. The summed E-state index contributed by atoms with van der Waals surface area (Å²) < 4.78 is 5.10. The van der Waals surface area contributed by atoms with Crippen molar-refractivity contribution >= 4 is 11.8 Å². The van der Waals surface area contributed by atoms with Crippen molar-refractivity contribution in [3.05, 3.63) is 24.2 Å². The summed E-state index contributed by atoms with van der Waals surface area (Å²) in [5, 5.41) is 2.88. The van der Waals surface area contributed by atoms with Crippen LogP contribution in [0.15, 0.2) is 23.0 Å². The normalized spacial score (nSPS) is 18.7.